The van der Waals surface area contributed by atoms with Crippen LogP contribution in [0.25, 0.3) is 0 Å². The Bertz CT molecular complexity index is 445. The van der Waals surface area contributed by atoms with Gasteiger partial charge >= 0.3 is 107 Å². The van der Waals surface area contributed by atoms with Crippen LogP contribution in [0.3, 0.4) is 0 Å². The normalized spacial score (nSPS) is 10.1. The second kappa shape index (κ2) is 5.39. The van der Waals surface area contributed by atoms with Crippen LogP contribution in [0.4, 0.5) is 0 Å². The first kappa shape index (κ1) is 11.5. The minimum absolute atomic E-state index is 0.246. The van der Waals surface area contributed by atoms with Crippen LogP contribution in [-0.2, 0) is 0 Å². The Hall–Kier alpha value is -0.970. The van der Waals surface area contributed by atoms with Crippen LogP contribution in [0, 0.1) is 6.92 Å². The molecule has 2 rings (SSSR count). The first-order valence-electron chi connectivity index (χ1n) is 5.16. The van der Waals surface area contributed by atoms with E-state index in [0.29, 0.717) is 0 Å². The van der Waals surface area contributed by atoms with Crippen LogP contribution in [0.15, 0.2) is 48.5 Å². The molecule has 82 valence electrons. The topological polar surface area (TPSA) is 9.23 Å². The van der Waals surface area contributed by atoms with Gasteiger partial charge in [0.2, 0.25) is 0 Å². The van der Waals surface area contributed by atoms with Gasteiger partial charge in [-0.1, -0.05) is 0 Å². The van der Waals surface area contributed by atoms with Crippen molar-refractivity contribution in [2.24, 2.45) is 0 Å². The molecular formula is C14H14OTe. The first-order chi connectivity index (χ1) is 7.78. The summed E-state index contributed by atoms with van der Waals surface area (Å²) in [6.45, 7) is 2.12. The Morgan fingerprint density at radius 2 is 1.31 bits per heavy atom. The molecule has 0 unspecified atom stereocenters. The third-order valence-electron chi connectivity index (χ3n) is 2.32. The van der Waals surface area contributed by atoms with Crippen molar-refractivity contribution in [2.45, 2.75) is 6.92 Å². The van der Waals surface area contributed by atoms with Gasteiger partial charge in [0.1, 0.15) is 0 Å². The van der Waals surface area contributed by atoms with Gasteiger partial charge < -0.3 is 0 Å². The predicted molar refractivity (Wildman–Crippen MR) is 69.2 cm³/mol. The second-order valence-electron chi connectivity index (χ2n) is 3.59. The quantitative estimate of drug-likeness (QED) is 0.780. The van der Waals surface area contributed by atoms with Crippen LogP contribution in [0.5, 0.6) is 5.75 Å². The molecule has 0 fully saturated rings. The third kappa shape index (κ3) is 3.01. The fourth-order valence-electron chi connectivity index (χ4n) is 1.39. The van der Waals surface area contributed by atoms with E-state index in [0.717, 1.165) is 5.75 Å². The van der Waals surface area contributed by atoms with Crippen molar-refractivity contribution in [3.05, 3.63) is 54.1 Å². The molecule has 2 aromatic rings. The SMILES string of the molecule is COc1ccc([Te]c2ccc(C)cc2)cc1. The van der Waals surface area contributed by atoms with Gasteiger partial charge in [-0.15, -0.1) is 0 Å². The van der Waals surface area contributed by atoms with E-state index >= 15 is 0 Å². The molecule has 0 radical (unpaired) electrons. The molecule has 0 amide bonds. The summed E-state index contributed by atoms with van der Waals surface area (Å²) < 4.78 is 8.06. The summed E-state index contributed by atoms with van der Waals surface area (Å²) in [6.07, 6.45) is 0. The monoisotopic (exact) mass is 328 g/mol. The molecule has 0 aliphatic carbocycles. The van der Waals surface area contributed by atoms with Gasteiger partial charge in [-0.05, 0) is 0 Å². The molecule has 0 aliphatic rings. The van der Waals surface area contributed by atoms with E-state index in [2.05, 4.69) is 43.3 Å². The van der Waals surface area contributed by atoms with Crippen molar-refractivity contribution < 1.29 is 4.74 Å². The predicted octanol–water partition coefficient (Wildman–Crippen LogP) is 1.66. The van der Waals surface area contributed by atoms with E-state index in [1.807, 2.05) is 12.1 Å². The van der Waals surface area contributed by atoms with Gasteiger partial charge in [-0.2, -0.15) is 0 Å². The molecule has 2 heteroatoms. The fraction of sp³-hybridized carbons (Fsp3) is 0.143. The molecule has 0 atom stereocenters. The molecule has 0 N–H and O–H groups in total. The number of methoxy groups -OCH3 is 1. The molecule has 16 heavy (non-hydrogen) atoms. The molecule has 0 spiro atoms. The summed E-state index contributed by atoms with van der Waals surface area (Å²) >= 11 is -0.246. The second-order valence-corrected chi connectivity index (χ2v) is 6.86. The summed E-state index contributed by atoms with van der Waals surface area (Å²) in [7, 11) is 1.70. The Morgan fingerprint density at radius 3 is 1.81 bits per heavy atom. The zero-order valence-electron chi connectivity index (χ0n) is 9.44. The van der Waals surface area contributed by atoms with Gasteiger partial charge in [0.15, 0.2) is 0 Å². The fourth-order valence-corrected chi connectivity index (χ4v) is 3.72. The van der Waals surface area contributed by atoms with Crippen LogP contribution in [0.2, 0.25) is 0 Å². The zero-order valence-corrected chi connectivity index (χ0v) is 11.8. The molecule has 0 saturated carbocycles. The number of ether oxygens (including phenoxy) is 1. The van der Waals surface area contributed by atoms with Crippen LogP contribution in [-0.4, -0.2) is 28.0 Å². The Morgan fingerprint density at radius 1 is 0.812 bits per heavy atom. The van der Waals surface area contributed by atoms with Gasteiger partial charge in [0.25, 0.3) is 0 Å². The Labute approximate surface area is 107 Å². The van der Waals surface area contributed by atoms with Crippen molar-refractivity contribution in [1.82, 2.24) is 0 Å². The summed E-state index contributed by atoms with van der Waals surface area (Å²) in [5.41, 5.74) is 1.32. The van der Waals surface area contributed by atoms with Crippen molar-refractivity contribution in [2.75, 3.05) is 7.11 Å². The Kier molecular flexibility index (Phi) is 3.88. The van der Waals surface area contributed by atoms with Gasteiger partial charge in [0, 0.05) is 0 Å². The average Bonchev–Trinajstić information content (AvgIpc) is 2.33. The van der Waals surface area contributed by atoms with Crippen molar-refractivity contribution in [3.63, 3.8) is 0 Å². The number of benzene rings is 2. The molecule has 0 aliphatic heterocycles. The van der Waals surface area contributed by atoms with E-state index in [9.17, 15) is 0 Å². The maximum absolute atomic E-state index is 5.15. The van der Waals surface area contributed by atoms with Crippen molar-refractivity contribution in [1.29, 1.82) is 0 Å². The molecule has 0 saturated heterocycles. The van der Waals surface area contributed by atoms with E-state index in [1.54, 1.807) is 7.11 Å². The average molecular weight is 326 g/mol. The molecular weight excluding hydrogens is 312 g/mol. The Balaban J connectivity index is 2.11. The van der Waals surface area contributed by atoms with E-state index < -0.39 is 0 Å². The summed E-state index contributed by atoms with van der Waals surface area (Å²) in [5.74, 6) is 0.931. The molecule has 0 bridgehead atoms. The number of rotatable bonds is 3. The summed E-state index contributed by atoms with van der Waals surface area (Å²) in [5, 5.41) is 0. The summed E-state index contributed by atoms with van der Waals surface area (Å²) in [4.78, 5) is 0. The van der Waals surface area contributed by atoms with Crippen LogP contribution in [0.1, 0.15) is 5.56 Å². The van der Waals surface area contributed by atoms with Crippen molar-refractivity contribution >= 4 is 28.1 Å². The van der Waals surface area contributed by atoms with Gasteiger partial charge in [-0.3, -0.25) is 0 Å². The van der Waals surface area contributed by atoms with Crippen LogP contribution < -0.4 is 12.0 Å². The molecule has 2 aromatic carbocycles. The molecule has 1 nitrogen and oxygen atoms in total. The molecule has 0 aromatic heterocycles. The zero-order chi connectivity index (χ0) is 11.4. The van der Waals surface area contributed by atoms with E-state index in [1.165, 1.54) is 12.8 Å². The number of hydrogen-bond donors (Lipinski definition) is 0. The first-order valence-corrected chi connectivity index (χ1v) is 7.49. The maximum atomic E-state index is 5.15. The van der Waals surface area contributed by atoms with Gasteiger partial charge in [0.05, 0.1) is 0 Å². The van der Waals surface area contributed by atoms with Gasteiger partial charge in [-0.25, -0.2) is 0 Å². The van der Waals surface area contributed by atoms with Crippen molar-refractivity contribution in [3.8, 4) is 5.75 Å². The standard InChI is InChI=1S/C14H14OTe/c1-11-3-7-13(8-4-11)16-14-9-5-12(15-2)6-10-14/h3-10H,1-2H3. The van der Waals surface area contributed by atoms with E-state index in [-0.39, 0.29) is 20.9 Å². The minimum atomic E-state index is -0.246. The molecule has 0 heterocycles. The third-order valence-corrected chi connectivity index (χ3v) is 5.22. The number of aryl methyl sites for hydroxylation is 1. The summed E-state index contributed by atoms with van der Waals surface area (Å²) in [6, 6.07) is 17.3. The number of hydrogen-bond acceptors (Lipinski definition) is 1. The van der Waals surface area contributed by atoms with Crippen LogP contribution >= 0.6 is 0 Å². The van der Waals surface area contributed by atoms with E-state index in [4.69, 9.17) is 4.74 Å².